The van der Waals surface area contributed by atoms with Gasteiger partial charge in [-0.25, -0.2) is 8.42 Å². The van der Waals surface area contributed by atoms with Crippen LogP contribution in [0.25, 0.3) is 0 Å². The third-order valence-electron chi connectivity index (χ3n) is 3.21. The number of hydrogen-bond donors (Lipinski definition) is 1. The van der Waals surface area contributed by atoms with Crippen molar-refractivity contribution in [3.63, 3.8) is 0 Å². The highest BCUT2D eigenvalue weighted by Crippen LogP contribution is 2.38. The van der Waals surface area contributed by atoms with Crippen LogP contribution >= 0.6 is 0 Å². The Morgan fingerprint density at radius 3 is 2.54 bits per heavy atom. The highest BCUT2D eigenvalue weighted by Gasteiger charge is 2.49. The number of nitrogens with zero attached hydrogens (tertiary/aromatic N) is 1. The third kappa shape index (κ3) is 1.30. The van der Waals surface area contributed by atoms with Gasteiger partial charge in [0.25, 0.3) is 0 Å². The van der Waals surface area contributed by atoms with Crippen LogP contribution in [0.1, 0.15) is 26.2 Å². The summed E-state index contributed by atoms with van der Waals surface area (Å²) in [5.41, 5.74) is 5.86. The number of sulfonamides is 1. The average Bonchev–Trinajstić information content (AvgIpc) is 2.60. The molecule has 2 aliphatic rings. The molecule has 2 rings (SSSR count). The van der Waals surface area contributed by atoms with E-state index in [1.165, 1.54) is 0 Å². The molecular formula is C8H16N2O2S. The van der Waals surface area contributed by atoms with Gasteiger partial charge in [0.2, 0.25) is 10.0 Å². The van der Waals surface area contributed by atoms with Crippen molar-refractivity contribution in [2.24, 2.45) is 5.73 Å². The SMILES string of the molecule is CCS(=O)(=O)N1C2CCC1C(N)C2. The van der Waals surface area contributed by atoms with Crippen molar-refractivity contribution >= 4 is 10.0 Å². The van der Waals surface area contributed by atoms with Gasteiger partial charge in [0.1, 0.15) is 0 Å². The Balaban J connectivity index is 2.28. The summed E-state index contributed by atoms with van der Waals surface area (Å²) in [4.78, 5) is 0. The highest BCUT2D eigenvalue weighted by molar-refractivity contribution is 7.89. The van der Waals surface area contributed by atoms with Crippen molar-refractivity contribution in [1.29, 1.82) is 0 Å². The zero-order valence-electron chi connectivity index (χ0n) is 7.81. The number of nitrogens with two attached hydrogens (primary N) is 1. The molecule has 0 saturated carbocycles. The van der Waals surface area contributed by atoms with Crippen LogP contribution in [0.4, 0.5) is 0 Å². The van der Waals surface area contributed by atoms with Gasteiger partial charge in [-0.3, -0.25) is 0 Å². The molecule has 13 heavy (non-hydrogen) atoms. The standard InChI is InChI=1S/C8H16N2O2S/c1-2-13(11,12)10-6-3-4-8(10)7(9)5-6/h6-8H,2-5,9H2,1H3. The Hall–Kier alpha value is -0.130. The van der Waals surface area contributed by atoms with Crippen LogP contribution in [0.5, 0.6) is 0 Å². The minimum Gasteiger partial charge on any atom is -0.326 e. The average molecular weight is 204 g/mol. The number of hydrogen-bond acceptors (Lipinski definition) is 3. The van der Waals surface area contributed by atoms with E-state index in [0.717, 1.165) is 19.3 Å². The summed E-state index contributed by atoms with van der Waals surface area (Å²) >= 11 is 0. The van der Waals surface area contributed by atoms with Gasteiger partial charge < -0.3 is 5.73 Å². The molecule has 5 heteroatoms. The van der Waals surface area contributed by atoms with Crippen LogP contribution in [-0.2, 0) is 10.0 Å². The normalized spacial score (nSPS) is 40.0. The summed E-state index contributed by atoms with van der Waals surface area (Å²) < 4.78 is 25.0. The van der Waals surface area contributed by atoms with Gasteiger partial charge in [-0.1, -0.05) is 0 Å². The second-order valence-corrected chi connectivity index (χ2v) is 6.09. The molecule has 2 aliphatic heterocycles. The van der Waals surface area contributed by atoms with Crippen molar-refractivity contribution in [3.8, 4) is 0 Å². The Morgan fingerprint density at radius 1 is 1.46 bits per heavy atom. The van der Waals surface area contributed by atoms with Crippen LogP contribution in [0.3, 0.4) is 0 Å². The minimum absolute atomic E-state index is 0.0695. The number of rotatable bonds is 2. The number of fused-ring (bicyclic) bond motifs is 2. The molecule has 0 radical (unpaired) electrons. The van der Waals surface area contributed by atoms with Crippen molar-refractivity contribution in [2.75, 3.05) is 5.75 Å². The van der Waals surface area contributed by atoms with Crippen molar-refractivity contribution in [1.82, 2.24) is 4.31 Å². The lowest BCUT2D eigenvalue weighted by Gasteiger charge is -2.21. The molecule has 2 heterocycles. The highest BCUT2D eigenvalue weighted by atomic mass is 32.2. The van der Waals surface area contributed by atoms with E-state index in [2.05, 4.69) is 0 Å². The van der Waals surface area contributed by atoms with E-state index in [-0.39, 0.29) is 23.9 Å². The van der Waals surface area contributed by atoms with E-state index in [4.69, 9.17) is 5.73 Å². The van der Waals surface area contributed by atoms with E-state index in [1.807, 2.05) is 0 Å². The molecular weight excluding hydrogens is 188 g/mol. The molecule has 0 amide bonds. The van der Waals surface area contributed by atoms with Crippen LogP contribution in [0.15, 0.2) is 0 Å². The minimum atomic E-state index is -3.01. The molecule has 3 unspecified atom stereocenters. The first-order valence-electron chi connectivity index (χ1n) is 4.83. The molecule has 4 nitrogen and oxygen atoms in total. The maximum atomic E-state index is 11.7. The lowest BCUT2D eigenvalue weighted by Crippen LogP contribution is -2.40. The molecule has 76 valence electrons. The van der Waals surface area contributed by atoms with Crippen LogP contribution in [-0.4, -0.2) is 36.6 Å². The summed E-state index contributed by atoms with van der Waals surface area (Å²) in [6.45, 7) is 1.69. The van der Waals surface area contributed by atoms with Crippen LogP contribution in [0, 0.1) is 0 Å². The Morgan fingerprint density at radius 2 is 2.15 bits per heavy atom. The van der Waals surface area contributed by atoms with Crippen molar-refractivity contribution < 1.29 is 8.42 Å². The Labute approximate surface area is 79.1 Å². The topological polar surface area (TPSA) is 63.4 Å². The fourth-order valence-corrected chi connectivity index (χ4v) is 4.18. The van der Waals surface area contributed by atoms with Crippen molar-refractivity contribution in [2.45, 2.75) is 44.3 Å². The van der Waals surface area contributed by atoms with E-state index < -0.39 is 10.0 Å². The monoisotopic (exact) mass is 204 g/mol. The smallest absolute Gasteiger partial charge is 0.214 e. The van der Waals surface area contributed by atoms with E-state index >= 15 is 0 Å². The fraction of sp³-hybridized carbons (Fsp3) is 1.00. The Bertz CT molecular complexity index is 301. The summed E-state index contributed by atoms with van der Waals surface area (Å²) in [5.74, 6) is 0.201. The predicted octanol–water partition coefficient (Wildman–Crippen LogP) is -0.0999. The van der Waals surface area contributed by atoms with E-state index in [9.17, 15) is 8.42 Å². The van der Waals surface area contributed by atoms with Crippen LogP contribution < -0.4 is 5.73 Å². The molecule has 0 aliphatic carbocycles. The zero-order valence-corrected chi connectivity index (χ0v) is 8.63. The molecule has 2 saturated heterocycles. The lowest BCUT2D eigenvalue weighted by molar-refractivity contribution is 0.389. The van der Waals surface area contributed by atoms with Crippen LogP contribution in [0.2, 0.25) is 0 Å². The fourth-order valence-electron chi connectivity index (χ4n) is 2.57. The predicted molar refractivity (Wildman–Crippen MR) is 50.7 cm³/mol. The summed E-state index contributed by atoms with van der Waals surface area (Å²) in [7, 11) is -3.01. The summed E-state index contributed by atoms with van der Waals surface area (Å²) in [5, 5.41) is 0. The zero-order chi connectivity index (χ0) is 9.64. The maximum absolute atomic E-state index is 11.7. The molecule has 2 N–H and O–H groups in total. The van der Waals surface area contributed by atoms with Gasteiger partial charge in [-0.2, -0.15) is 4.31 Å². The molecule has 3 atom stereocenters. The molecule has 2 bridgehead atoms. The van der Waals surface area contributed by atoms with Gasteiger partial charge >= 0.3 is 0 Å². The maximum Gasteiger partial charge on any atom is 0.214 e. The lowest BCUT2D eigenvalue weighted by atomic mass is 9.97. The van der Waals surface area contributed by atoms with Gasteiger partial charge in [0, 0.05) is 18.1 Å². The first-order valence-corrected chi connectivity index (χ1v) is 6.44. The van der Waals surface area contributed by atoms with Gasteiger partial charge in [-0.15, -0.1) is 0 Å². The molecule has 0 aromatic carbocycles. The molecule has 0 aromatic rings. The third-order valence-corrected chi connectivity index (χ3v) is 5.15. The molecule has 0 spiro atoms. The second kappa shape index (κ2) is 2.93. The largest absolute Gasteiger partial charge is 0.326 e. The van der Waals surface area contributed by atoms with Gasteiger partial charge in [-0.05, 0) is 26.2 Å². The second-order valence-electron chi connectivity index (χ2n) is 3.93. The molecule has 0 aromatic heterocycles. The van der Waals surface area contributed by atoms with Crippen molar-refractivity contribution in [3.05, 3.63) is 0 Å². The van der Waals surface area contributed by atoms with E-state index in [1.54, 1.807) is 11.2 Å². The molecule has 2 fully saturated rings. The quantitative estimate of drug-likeness (QED) is 0.683. The first-order chi connectivity index (χ1) is 6.06. The first kappa shape index (κ1) is 9.43. The summed E-state index contributed by atoms with van der Waals surface area (Å²) in [6, 6.07) is 0.361. The Kier molecular flexibility index (Phi) is 2.13. The van der Waals surface area contributed by atoms with Gasteiger partial charge in [0.15, 0.2) is 0 Å². The summed E-state index contributed by atoms with van der Waals surface area (Å²) in [6.07, 6.45) is 2.80. The van der Waals surface area contributed by atoms with Gasteiger partial charge in [0.05, 0.1) is 5.75 Å². The van der Waals surface area contributed by atoms with E-state index in [0.29, 0.717) is 0 Å².